The summed E-state index contributed by atoms with van der Waals surface area (Å²) in [5.41, 5.74) is -0.00301. The number of benzene rings is 1. The summed E-state index contributed by atoms with van der Waals surface area (Å²) in [5.74, 6) is 1.76. The summed E-state index contributed by atoms with van der Waals surface area (Å²) in [6.45, 7) is 7.65. The van der Waals surface area contributed by atoms with Crippen LogP contribution >= 0.6 is 11.5 Å². The van der Waals surface area contributed by atoms with Crippen LogP contribution in [-0.2, 0) is 5.41 Å². The third-order valence-electron chi connectivity index (χ3n) is 2.49. The Morgan fingerprint density at radius 3 is 2.58 bits per heavy atom. The van der Waals surface area contributed by atoms with E-state index in [1.54, 1.807) is 0 Å². The molecule has 2 rings (SSSR count). The van der Waals surface area contributed by atoms with Crippen molar-refractivity contribution >= 4 is 16.7 Å². The lowest BCUT2D eigenvalue weighted by Crippen LogP contribution is -2.14. The summed E-state index contributed by atoms with van der Waals surface area (Å²) in [4.78, 5) is 4.47. The fourth-order valence-electron chi connectivity index (χ4n) is 1.44. The Morgan fingerprint density at radius 2 is 1.95 bits per heavy atom. The number of anilines is 1. The van der Waals surface area contributed by atoms with Crippen LogP contribution in [0.4, 0.5) is 5.13 Å². The van der Waals surface area contributed by atoms with Crippen LogP contribution in [0.2, 0.25) is 0 Å². The number of nitrogens with one attached hydrogen (secondary N) is 1. The van der Waals surface area contributed by atoms with E-state index < -0.39 is 0 Å². The summed E-state index contributed by atoms with van der Waals surface area (Å²) in [5, 5.41) is 4.08. The second kappa shape index (κ2) is 6.02. The molecule has 0 aliphatic carbocycles. The number of rotatable bonds is 5. The second-order valence-electron chi connectivity index (χ2n) is 5.26. The van der Waals surface area contributed by atoms with Crippen molar-refractivity contribution in [2.24, 2.45) is 0 Å². The van der Waals surface area contributed by atoms with Gasteiger partial charge >= 0.3 is 0 Å². The summed E-state index contributed by atoms with van der Waals surface area (Å²) < 4.78 is 9.95. The Bertz CT molecular complexity index is 505. The summed E-state index contributed by atoms with van der Waals surface area (Å²) in [7, 11) is 0. The van der Waals surface area contributed by atoms with Crippen molar-refractivity contribution < 1.29 is 4.74 Å². The number of para-hydroxylation sites is 1. The van der Waals surface area contributed by atoms with Crippen molar-refractivity contribution in [3.8, 4) is 5.75 Å². The van der Waals surface area contributed by atoms with E-state index in [1.807, 2.05) is 30.3 Å². The van der Waals surface area contributed by atoms with Crippen LogP contribution in [0.5, 0.6) is 5.75 Å². The van der Waals surface area contributed by atoms with Crippen molar-refractivity contribution in [2.45, 2.75) is 26.2 Å². The van der Waals surface area contributed by atoms with Gasteiger partial charge in [0.2, 0.25) is 5.13 Å². The first kappa shape index (κ1) is 13.8. The number of aromatic nitrogens is 2. The van der Waals surface area contributed by atoms with Gasteiger partial charge in [-0.05, 0) is 12.1 Å². The lowest BCUT2D eigenvalue weighted by atomic mass is 9.96. The van der Waals surface area contributed by atoms with Crippen molar-refractivity contribution in [3.63, 3.8) is 0 Å². The Kier molecular flexibility index (Phi) is 4.37. The van der Waals surface area contributed by atoms with Crippen LogP contribution < -0.4 is 10.1 Å². The SMILES string of the molecule is CC(C)(C)c1nsc(NCCOc2ccccc2)n1. The Balaban J connectivity index is 1.76. The van der Waals surface area contributed by atoms with Crippen molar-refractivity contribution in [3.05, 3.63) is 36.2 Å². The number of nitrogens with zero attached hydrogens (tertiary/aromatic N) is 2. The van der Waals surface area contributed by atoms with Gasteiger partial charge in [0.1, 0.15) is 18.2 Å². The molecule has 4 nitrogen and oxygen atoms in total. The smallest absolute Gasteiger partial charge is 0.202 e. The third kappa shape index (κ3) is 4.21. The highest BCUT2D eigenvalue weighted by Crippen LogP contribution is 2.22. The zero-order valence-electron chi connectivity index (χ0n) is 11.5. The van der Waals surface area contributed by atoms with Crippen molar-refractivity contribution in [1.82, 2.24) is 9.36 Å². The molecule has 0 atom stereocenters. The van der Waals surface area contributed by atoms with Gasteiger partial charge in [-0.3, -0.25) is 0 Å². The van der Waals surface area contributed by atoms with Crippen LogP contribution in [0.3, 0.4) is 0 Å². The van der Waals surface area contributed by atoms with Crippen LogP contribution in [0.25, 0.3) is 0 Å². The average Bonchev–Trinajstić information content (AvgIpc) is 2.85. The highest BCUT2D eigenvalue weighted by Gasteiger charge is 2.19. The van der Waals surface area contributed by atoms with Crippen LogP contribution in [0, 0.1) is 0 Å². The molecule has 0 amide bonds. The molecule has 0 bridgehead atoms. The maximum Gasteiger partial charge on any atom is 0.202 e. The molecule has 0 saturated carbocycles. The minimum absolute atomic E-state index is 0.00301. The van der Waals surface area contributed by atoms with E-state index in [-0.39, 0.29) is 5.41 Å². The molecule has 1 aromatic heterocycles. The van der Waals surface area contributed by atoms with Crippen LogP contribution in [0.1, 0.15) is 26.6 Å². The fourth-order valence-corrected chi connectivity index (χ4v) is 2.23. The van der Waals surface area contributed by atoms with Gasteiger partial charge in [0.15, 0.2) is 0 Å². The normalized spacial score (nSPS) is 11.3. The molecule has 1 aromatic carbocycles. The van der Waals surface area contributed by atoms with E-state index in [2.05, 4.69) is 35.4 Å². The molecular weight excluding hydrogens is 258 g/mol. The van der Waals surface area contributed by atoms with Gasteiger partial charge in [-0.2, -0.15) is 4.37 Å². The quantitative estimate of drug-likeness (QED) is 0.852. The van der Waals surface area contributed by atoms with Crippen molar-refractivity contribution in [1.29, 1.82) is 0 Å². The number of hydrogen-bond donors (Lipinski definition) is 1. The highest BCUT2D eigenvalue weighted by molar-refractivity contribution is 7.09. The lowest BCUT2D eigenvalue weighted by molar-refractivity contribution is 0.333. The molecule has 2 aromatic rings. The van der Waals surface area contributed by atoms with E-state index in [0.29, 0.717) is 13.2 Å². The fraction of sp³-hybridized carbons (Fsp3) is 0.429. The zero-order chi connectivity index (χ0) is 13.7. The molecule has 1 heterocycles. The van der Waals surface area contributed by atoms with Gasteiger partial charge in [-0.25, -0.2) is 4.98 Å². The molecule has 0 aliphatic heterocycles. The molecule has 1 N–H and O–H groups in total. The Morgan fingerprint density at radius 1 is 1.21 bits per heavy atom. The van der Waals surface area contributed by atoms with Crippen LogP contribution in [-0.4, -0.2) is 22.5 Å². The molecular formula is C14H19N3OS. The minimum Gasteiger partial charge on any atom is -0.492 e. The van der Waals surface area contributed by atoms with Gasteiger partial charge in [-0.15, -0.1) is 0 Å². The molecule has 0 aliphatic rings. The molecule has 0 unspecified atom stereocenters. The Labute approximate surface area is 118 Å². The number of hydrogen-bond acceptors (Lipinski definition) is 5. The molecule has 0 spiro atoms. The van der Waals surface area contributed by atoms with Gasteiger partial charge < -0.3 is 10.1 Å². The second-order valence-corrected chi connectivity index (χ2v) is 6.01. The first-order valence-electron chi connectivity index (χ1n) is 6.31. The molecule has 5 heteroatoms. The monoisotopic (exact) mass is 277 g/mol. The summed E-state index contributed by atoms with van der Waals surface area (Å²) in [6.07, 6.45) is 0. The van der Waals surface area contributed by atoms with E-state index in [4.69, 9.17) is 4.74 Å². The lowest BCUT2D eigenvalue weighted by Gasteiger charge is -2.12. The van der Waals surface area contributed by atoms with E-state index in [0.717, 1.165) is 16.7 Å². The summed E-state index contributed by atoms with van der Waals surface area (Å²) in [6, 6.07) is 9.79. The third-order valence-corrected chi connectivity index (χ3v) is 3.16. The number of ether oxygens (including phenoxy) is 1. The first-order valence-corrected chi connectivity index (χ1v) is 7.09. The van der Waals surface area contributed by atoms with Gasteiger partial charge in [0.25, 0.3) is 0 Å². The largest absolute Gasteiger partial charge is 0.492 e. The van der Waals surface area contributed by atoms with E-state index in [9.17, 15) is 0 Å². The van der Waals surface area contributed by atoms with Crippen molar-refractivity contribution in [2.75, 3.05) is 18.5 Å². The molecule has 0 radical (unpaired) electrons. The standard InChI is InChI=1S/C14H19N3OS/c1-14(2,3)12-16-13(19-17-12)15-9-10-18-11-7-5-4-6-8-11/h4-8H,9-10H2,1-3H3,(H,15,16,17). The Hall–Kier alpha value is -1.62. The topological polar surface area (TPSA) is 47.0 Å². The molecule has 102 valence electrons. The first-order chi connectivity index (χ1) is 9.05. The van der Waals surface area contributed by atoms with Crippen LogP contribution in [0.15, 0.2) is 30.3 Å². The van der Waals surface area contributed by atoms with Gasteiger partial charge in [0, 0.05) is 16.9 Å². The van der Waals surface area contributed by atoms with Gasteiger partial charge in [-0.1, -0.05) is 39.0 Å². The molecule has 19 heavy (non-hydrogen) atoms. The van der Waals surface area contributed by atoms with E-state index in [1.165, 1.54) is 11.5 Å². The maximum atomic E-state index is 5.60. The minimum atomic E-state index is -0.00301. The maximum absolute atomic E-state index is 5.60. The van der Waals surface area contributed by atoms with E-state index >= 15 is 0 Å². The highest BCUT2D eigenvalue weighted by atomic mass is 32.1. The average molecular weight is 277 g/mol. The predicted molar refractivity (Wildman–Crippen MR) is 79.0 cm³/mol. The molecule has 0 fully saturated rings. The zero-order valence-corrected chi connectivity index (χ0v) is 12.3. The van der Waals surface area contributed by atoms with Gasteiger partial charge in [0.05, 0.1) is 6.54 Å². The molecule has 0 saturated heterocycles. The predicted octanol–water partition coefficient (Wildman–Crippen LogP) is 3.33. The summed E-state index contributed by atoms with van der Waals surface area (Å²) >= 11 is 1.39.